The highest BCUT2D eigenvalue weighted by Crippen LogP contribution is 2.57. The number of hydrogen-bond donors (Lipinski definition) is 0. The topological polar surface area (TPSA) is 52.6 Å². The molecule has 0 atom stereocenters. The molecule has 0 amide bonds. The van der Waals surface area contributed by atoms with Crippen LogP contribution in [0.2, 0.25) is 0 Å². The van der Waals surface area contributed by atoms with Gasteiger partial charge in [0, 0.05) is 0 Å². The molecule has 2 aromatic rings. The largest absolute Gasteiger partial charge is 0.457 e. The van der Waals surface area contributed by atoms with Crippen molar-refractivity contribution in [2.45, 2.75) is 50.7 Å². The van der Waals surface area contributed by atoms with E-state index in [0.29, 0.717) is 0 Å². The molecule has 0 radical (unpaired) electrons. The number of ether oxygens (including phenoxy) is 2. The maximum atomic E-state index is 13.2. The molecule has 0 N–H and O–H groups in total. The molecule has 0 aliphatic heterocycles. The number of rotatable bonds is 8. The van der Waals surface area contributed by atoms with E-state index in [4.69, 9.17) is 9.47 Å². The molecule has 0 heterocycles. The molecule has 4 bridgehead atoms. The Morgan fingerprint density at radius 2 is 1.41 bits per heavy atom. The third kappa shape index (κ3) is 4.71. The van der Waals surface area contributed by atoms with Crippen molar-refractivity contribution in [2.75, 3.05) is 6.61 Å². The Labute approximate surface area is 189 Å². The molecular weight excluding hydrogens is 400 g/mol. The van der Waals surface area contributed by atoms with E-state index in [0.717, 1.165) is 48.1 Å². The van der Waals surface area contributed by atoms with Gasteiger partial charge < -0.3 is 9.47 Å². The van der Waals surface area contributed by atoms with Gasteiger partial charge in [-0.1, -0.05) is 60.7 Å². The van der Waals surface area contributed by atoms with E-state index < -0.39 is 5.97 Å². The zero-order valence-corrected chi connectivity index (χ0v) is 18.4. The normalized spacial score (nSPS) is 28.5. The van der Waals surface area contributed by atoms with Crippen LogP contribution in [0.5, 0.6) is 0 Å². The number of Topliss-reactive ketones (excluding diaryl/α,β-unsaturated/α-hetero) is 1. The van der Waals surface area contributed by atoms with Gasteiger partial charge in [0.15, 0.2) is 5.78 Å². The molecule has 4 aliphatic carbocycles. The average molecular weight is 431 g/mol. The van der Waals surface area contributed by atoms with Gasteiger partial charge in [-0.2, -0.15) is 0 Å². The first kappa shape index (κ1) is 21.1. The summed E-state index contributed by atoms with van der Waals surface area (Å²) in [7, 11) is 0. The van der Waals surface area contributed by atoms with Crippen LogP contribution in [-0.2, 0) is 25.7 Å². The van der Waals surface area contributed by atoms with Crippen LogP contribution in [0.25, 0.3) is 6.08 Å². The second-order valence-electron chi connectivity index (χ2n) is 9.84. The Hall–Kier alpha value is -2.72. The number of esters is 1. The van der Waals surface area contributed by atoms with Crippen LogP contribution >= 0.6 is 0 Å². The molecule has 32 heavy (non-hydrogen) atoms. The zero-order valence-electron chi connectivity index (χ0n) is 18.4. The van der Waals surface area contributed by atoms with Crippen LogP contribution in [0.3, 0.4) is 0 Å². The Kier molecular flexibility index (Phi) is 5.97. The minimum Gasteiger partial charge on any atom is -0.457 e. The third-order valence-electron chi connectivity index (χ3n) is 7.34. The van der Waals surface area contributed by atoms with Crippen molar-refractivity contribution < 1.29 is 19.1 Å². The summed E-state index contributed by atoms with van der Waals surface area (Å²) in [6, 6.07) is 18.9. The lowest BCUT2D eigenvalue weighted by atomic mass is 9.54. The monoisotopic (exact) mass is 430 g/mol. The number of benzene rings is 2. The standard InChI is InChI=1S/C28H30O4/c29-26(19-32-28-15-22-11-23(16-28)13-24(12-22)17-28)25(14-20-7-3-1-4-8-20)27(30)31-18-21-9-5-2-6-10-21/h1-10,14,22-24H,11-13,15-19H2. The smallest absolute Gasteiger partial charge is 0.342 e. The van der Waals surface area contributed by atoms with Crippen molar-refractivity contribution in [3.05, 3.63) is 77.4 Å². The van der Waals surface area contributed by atoms with Gasteiger partial charge in [-0.15, -0.1) is 0 Å². The van der Waals surface area contributed by atoms with Crippen LogP contribution in [-0.4, -0.2) is 24.0 Å². The Morgan fingerprint density at radius 3 is 2.00 bits per heavy atom. The van der Waals surface area contributed by atoms with Crippen LogP contribution in [0.1, 0.15) is 49.7 Å². The lowest BCUT2D eigenvalue weighted by molar-refractivity contribution is -0.168. The summed E-state index contributed by atoms with van der Waals surface area (Å²) in [6.07, 6.45) is 8.76. The minimum atomic E-state index is -0.600. The first-order valence-electron chi connectivity index (χ1n) is 11.7. The molecule has 4 nitrogen and oxygen atoms in total. The maximum Gasteiger partial charge on any atom is 0.342 e. The molecule has 0 saturated heterocycles. The Bertz CT molecular complexity index is 957. The summed E-state index contributed by atoms with van der Waals surface area (Å²) in [4.78, 5) is 26.1. The van der Waals surface area contributed by atoms with Gasteiger partial charge in [-0.25, -0.2) is 4.79 Å². The van der Waals surface area contributed by atoms with Gasteiger partial charge in [0.1, 0.15) is 18.8 Å². The van der Waals surface area contributed by atoms with E-state index in [1.54, 1.807) is 6.08 Å². The quantitative estimate of drug-likeness (QED) is 0.245. The van der Waals surface area contributed by atoms with Gasteiger partial charge in [0.05, 0.1) is 5.60 Å². The highest BCUT2D eigenvalue weighted by atomic mass is 16.5. The predicted octanol–water partition coefficient (Wildman–Crippen LogP) is 5.37. The molecular formula is C28H30O4. The molecule has 2 aromatic carbocycles. The van der Waals surface area contributed by atoms with Gasteiger partial charge in [0.2, 0.25) is 0 Å². The fraction of sp³-hybridized carbons (Fsp3) is 0.429. The van der Waals surface area contributed by atoms with Crippen LogP contribution in [0, 0.1) is 17.8 Å². The SMILES string of the molecule is O=C(COC12CC3CC(CC(C3)C1)C2)C(=Cc1ccccc1)C(=O)OCc1ccccc1. The molecule has 4 saturated carbocycles. The second-order valence-corrected chi connectivity index (χ2v) is 9.84. The Morgan fingerprint density at radius 1 is 0.844 bits per heavy atom. The lowest BCUT2D eigenvalue weighted by Crippen LogP contribution is -2.52. The van der Waals surface area contributed by atoms with E-state index in [-0.39, 0.29) is 30.2 Å². The first-order chi connectivity index (χ1) is 15.6. The van der Waals surface area contributed by atoms with Crippen molar-refractivity contribution in [1.82, 2.24) is 0 Å². The van der Waals surface area contributed by atoms with E-state index >= 15 is 0 Å². The highest BCUT2D eigenvalue weighted by molar-refractivity contribution is 6.21. The van der Waals surface area contributed by atoms with Gasteiger partial charge >= 0.3 is 5.97 Å². The van der Waals surface area contributed by atoms with Crippen LogP contribution in [0.15, 0.2) is 66.2 Å². The number of ketones is 1. The summed E-state index contributed by atoms with van der Waals surface area (Å²) in [6.45, 7) is 0.0696. The van der Waals surface area contributed by atoms with Crippen molar-refractivity contribution in [3.8, 4) is 0 Å². The van der Waals surface area contributed by atoms with Crippen molar-refractivity contribution in [1.29, 1.82) is 0 Å². The average Bonchev–Trinajstić information content (AvgIpc) is 2.80. The lowest BCUT2D eigenvalue weighted by Gasteiger charge is -2.56. The molecule has 4 aliphatic rings. The summed E-state index contributed by atoms with van der Waals surface area (Å²) >= 11 is 0. The molecule has 4 heteroatoms. The number of hydrogen-bond acceptors (Lipinski definition) is 4. The van der Waals surface area contributed by atoms with Crippen LogP contribution < -0.4 is 0 Å². The molecule has 6 rings (SSSR count). The summed E-state index contributed by atoms with van der Waals surface area (Å²) in [5.74, 6) is 1.32. The fourth-order valence-corrected chi connectivity index (χ4v) is 6.27. The molecule has 0 unspecified atom stereocenters. The van der Waals surface area contributed by atoms with E-state index in [9.17, 15) is 9.59 Å². The van der Waals surface area contributed by atoms with Gasteiger partial charge in [-0.05, 0) is 73.5 Å². The summed E-state index contributed by atoms with van der Waals surface area (Å²) < 4.78 is 11.8. The van der Waals surface area contributed by atoms with Crippen molar-refractivity contribution >= 4 is 17.8 Å². The molecule has 0 spiro atoms. The fourth-order valence-electron chi connectivity index (χ4n) is 6.27. The molecule has 0 aromatic heterocycles. The maximum absolute atomic E-state index is 13.2. The second kappa shape index (κ2) is 9.03. The van der Waals surface area contributed by atoms with E-state index in [1.807, 2.05) is 60.7 Å². The predicted molar refractivity (Wildman–Crippen MR) is 123 cm³/mol. The Balaban J connectivity index is 1.29. The highest BCUT2D eigenvalue weighted by Gasteiger charge is 2.51. The summed E-state index contributed by atoms with van der Waals surface area (Å²) in [5.41, 5.74) is 1.56. The van der Waals surface area contributed by atoms with Gasteiger partial charge in [-0.3, -0.25) is 4.79 Å². The van der Waals surface area contributed by atoms with Crippen molar-refractivity contribution in [3.63, 3.8) is 0 Å². The summed E-state index contributed by atoms with van der Waals surface area (Å²) in [5, 5.41) is 0. The van der Waals surface area contributed by atoms with Gasteiger partial charge in [0.25, 0.3) is 0 Å². The van der Waals surface area contributed by atoms with Crippen LogP contribution in [0.4, 0.5) is 0 Å². The number of carbonyl (C=O) groups excluding carboxylic acids is 2. The minimum absolute atomic E-state index is 0.0526. The molecule has 166 valence electrons. The number of carbonyl (C=O) groups is 2. The molecule has 4 fully saturated rings. The van der Waals surface area contributed by atoms with E-state index in [1.165, 1.54) is 19.3 Å². The van der Waals surface area contributed by atoms with Crippen molar-refractivity contribution in [2.24, 2.45) is 17.8 Å². The third-order valence-corrected chi connectivity index (χ3v) is 7.34. The zero-order chi connectivity index (χ0) is 22.0. The van der Waals surface area contributed by atoms with E-state index in [2.05, 4.69) is 0 Å². The first-order valence-corrected chi connectivity index (χ1v) is 11.7.